The van der Waals surface area contributed by atoms with Gasteiger partial charge >= 0.3 is 0 Å². The largest absolute Gasteiger partial charge is 0.339 e. The van der Waals surface area contributed by atoms with Crippen molar-refractivity contribution >= 4 is 5.91 Å². The van der Waals surface area contributed by atoms with E-state index < -0.39 is 5.41 Å². The lowest BCUT2D eigenvalue weighted by Crippen LogP contribution is -2.47. The van der Waals surface area contributed by atoms with Crippen LogP contribution in [0.25, 0.3) is 0 Å². The van der Waals surface area contributed by atoms with Gasteiger partial charge in [0, 0.05) is 12.6 Å². The minimum Gasteiger partial charge on any atom is -0.339 e. The molecule has 106 valence electrons. The molecular formula is C16H26N2O. The van der Waals surface area contributed by atoms with E-state index in [4.69, 9.17) is 0 Å². The van der Waals surface area contributed by atoms with Gasteiger partial charge in [0.2, 0.25) is 5.91 Å². The van der Waals surface area contributed by atoms with Gasteiger partial charge in [-0.25, -0.2) is 0 Å². The molecule has 2 aliphatic rings. The first kappa shape index (κ1) is 14.4. The van der Waals surface area contributed by atoms with Crippen LogP contribution in [0, 0.1) is 16.7 Å². The van der Waals surface area contributed by atoms with Crippen LogP contribution < -0.4 is 0 Å². The van der Waals surface area contributed by atoms with Crippen LogP contribution in [0.1, 0.15) is 71.1 Å². The number of nitrogens with zero attached hydrogens (tertiary/aromatic N) is 2. The molecule has 0 spiro atoms. The zero-order valence-corrected chi connectivity index (χ0v) is 12.2. The topological polar surface area (TPSA) is 44.1 Å². The lowest BCUT2D eigenvalue weighted by molar-refractivity contribution is -0.141. The van der Waals surface area contributed by atoms with Gasteiger partial charge in [-0.15, -0.1) is 0 Å². The Kier molecular flexibility index (Phi) is 4.85. The number of nitriles is 1. The number of rotatable bonds is 1. The number of carbonyl (C=O) groups excluding carboxylic acids is 1. The van der Waals surface area contributed by atoms with E-state index in [1.165, 1.54) is 25.7 Å². The van der Waals surface area contributed by atoms with Crippen LogP contribution in [0.3, 0.4) is 0 Å². The van der Waals surface area contributed by atoms with Gasteiger partial charge in [0.25, 0.3) is 0 Å². The number of hydrogen-bond donors (Lipinski definition) is 0. The number of likely N-dealkylation sites (tertiary alicyclic amines) is 1. The third-order valence-corrected chi connectivity index (χ3v) is 4.89. The van der Waals surface area contributed by atoms with Gasteiger partial charge in [-0.2, -0.15) is 5.26 Å². The van der Waals surface area contributed by atoms with Crippen molar-refractivity contribution in [3.05, 3.63) is 0 Å². The fourth-order valence-electron chi connectivity index (χ4n) is 3.56. The van der Waals surface area contributed by atoms with E-state index in [9.17, 15) is 10.1 Å². The van der Waals surface area contributed by atoms with E-state index in [0.717, 1.165) is 45.1 Å². The molecule has 1 aliphatic carbocycles. The Morgan fingerprint density at radius 1 is 1.11 bits per heavy atom. The van der Waals surface area contributed by atoms with Gasteiger partial charge in [0.15, 0.2) is 0 Å². The molecule has 1 aliphatic heterocycles. The molecule has 19 heavy (non-hydrogen) atoms. The van der Waals surface area contributed by atoms with Crippen molar-refractivity contribution in [1.82, 2.24) is 4.90 Å². The zero-order chi connectivity index (χ0) is 13.7. The first-order valence-electron chi connectivity index (χ1n) is 7.92. The summed E-state index contributed by atoms with van der Waals surface area (Å²) in [5, 5.41) is 9.63. The van der Waals surface area contributed by atoms with E-state index in [1.807, 2.05) is 4.90 Å². The van der Waals surface area contributed by atoms with Gasteiger partial charge in [-0.3, -0.25) is 4.79 Å². The maximum atomic E-state index is 12.9. The average molecular weight is 262 g/mol. The Balaban J connectivity index is 2.16. The van der Waals surface area contributed by atoms with Crippen LogP contribution in [-0.2, 0) is 4.79 Å². The summed E-state index contributed by atoms with van der Waals surface area (Å²) in [5.41, 5.74) is -0.713. The summed E-state index contributed by atoms with van der Waals surface area (Å²) < 4.78 is 0. The number of carbonyl (C=O) groups is 1. The molecule has 1 heterocycles. The first-order chi connectivity index (χ1) is 9.19. The van der Waals surface area contributed by atoms with Crippen LogP contribution in [-0.4, -0.2) is 23.4 Å². The van der Waals surface area contributed by atoms with E-state index in [2.05, 4.69) is 13.0 Å². The molecule has 0 aromatic heterocycles. The van der Waals surface area contributed by atoms with Crippen molar-refractivity contribution in [1.29, 1.82) is 5.26 Å². The first-order valence-corrected chi connectivity index (χ1v) is 7.92. The molecule has 0 radical (unpaired) electrons. The van der Waals surface area contributed by atoms with Crippen molar-refractivity contribution in [2.45, 2.75) is 77.2 Å². The smallest absolute Gasteiger partial charge is 0.243 e. The van der Waals surface area contributed by atoms with Gasteiger partial charge in [-0.05, 0) is 32.6 Å². The minimum atomic E-state index is -0.713. The maximum absolute atomic E-state index is 12.9. The van der Waals surface area contributed by atoms with E-state index in [-0.39, 0.29) is 5.91 Å². The Bertz CT molecular complexity index is 350. The molecule has 1 saturated carbocycles. The molecular weight excluding hydrogens is 236 g/mol. The molecule has 0 aromatic carbocycles. The average Bonchev–Trinajstić information content (AvgIpc) is 2.78. The third kappa shape index (κ3) is 3.11. The summed E-state index contributed by atoms with van der Waals surface area (Å²) in [7, 11) is 0. The number of amides is 1. The second-order valence-electron chi connectivity index (χ2n) is 6.31. The highest BCUT2D eigenvalue weighted by Gasteiger charge is 2.42. The van der Waals surface area contributed by atoms with Gasteiger partial charge < -0.3 is 4.90 Å². The fourth-order valence-corrected chi connectivity index (χ4v) is 3.56. The molecule has 1 unspecified atom stereocenters. The quantitative estimate of drug-likeness (QED) is 0.677. The Morgan fingerprint density at radius 2 is 1.74 bits per heavy atom. The monoisotopic (exact) mass is 262 g/mol. The summed E-state index contributed by atoms with van der Waals surface area (Å²) in [5.74, 6) is 0.131. The van der Waals surface area contributed by atoms with Crippen LogP contribution in [0.4, 0.5) is 0 Å². The molecule has 1 atom stereocenters. The normalized spacial score (nSPS) is 28.0. The minimum absolute atomic E-state index is 0.131. The predicted molar refractivity (Wildman–Crippen MR) is 75.4 cm³/mol. The van der Waals surface area contributed by atoms with Crippen LogP contribution in [0.5, 0.6) is 0 Å². The second-order valence-corrected chi connectivity index (χ2v) is 6.31. The van der Waals surface area contributed by atoms with Crippen molar-refractivity contribution in [2.24, 2.45) is 5.41 Å². The van der Waals surface area contributed by atoms with E-state index in [1.54, 1.807) is 0 Å². The van der Waals surface area contributed by atoms with Crippen LogP contribution in [0.2, 0.25) is 0 Å². The Hall–Kier alpha value is -1.04. The number of hydrogen-bond acceptors (Lipinski definition) is 2. The second kappa shape index (κ2) is 6.41. The molecule has 1 saturated heterocycles. The summed E-state index contributed by atoms with van der Waals surface area (Å²) in [6.07, 6.45) is 10.6. The van der Waals surface area contributed by atoms with E-state index in [0.29, 0.717) is 6.04 Å². The molecule has 0 N–H and O–H groups in total. The van der Waals surface area contributed by atoms with Gasteiger partial charge in [0.05, 0.1) is 6.07 Å². The Morgan fingerprint density at radius 3 is 2.37 bits per heavy atom. The zero-order valence-electron chi connectivity index (χ0n) is 12.2. The SMILES string of the molecule is CC1CCCCCN1C(=O)C1(C#N)CCCCCC1. The molecule has 1 amide bonds. The Labute approximate surface area is 117 Å². The highest BCUT2D eigenvalue weighted by atomic mass is 16.2. The third-order valence-electron chi connectivity index (χ3n) is 4.89. The standard InChI is InChI=1S/C16H26N2O/c1-14-9-5-4-8-12-18(14)15(19)16(13-17)10-6-2-3-7-11-16/h14H,2-12H2,1H3. The van der Waals surface area contributed by atoms with Crippen molar-refractivity contribution in [3.63, 3.8) is 0 Å². The summed E-state index contributed by atoms with van der Waals surface area (Å²) in [6, 6.07) is 2.71. The summed E-state index contributed by atoms with van der Waals surface area (Å²) in [6.45, 7) is 2.99. The lowest BCUT2D eigenvalue weighted by atomic mass is 9.80. The molecule has 2 rings (SSSR count). The molecule has 0 aromatic rings. The highest BCUT2D eigenvalue weighted by Crippen LogP contribution is 2.37. The molecule has 3 heteroatoms. The molecule has 2 fully saturated rings. The van der Waals surface area contributed by atoms with E-state index >= 15 is 0 Å². The van der Waals surface area contributed by atoms with Crippen molar-refractivity contribution in [2.75, 3.05) is 6.54 Å². The molecule has 0 bridgehead atoms. The predicted octanol–water partition coefficient (Wildman–Crippen LogP) is 3.64. The van der Waals surface area contributed by atoms with Crippen LogP contribution in [0.15, 0.2) is 0 Å². The van der Waals surface area contributed by atoms with Gasteiger partial charge in [0.1, 0.15) is 5.41 Å². The lowest BCUT2D eigenvalue weighted by Gasteiger charge is -2.34. The fraction of sp³-hybridized carbons (Fsp3) is 0.875. The summed E-state index contributed by atoms with van der Waals surface area (Å²) >= 11 is 0. The summed E-state index contributed by atoms with van der Waals surface area (Å²) in [4.78, 5) is 14.9. The van der Waals surface area contributed by atoms with Crippen molar-refractivity contribution < 1.29 is 4.79 Å². The van der Waals surface area contributed by atoms with Crippen LogP contribution >= 0.6 is 0 Å². The van der Waals surface area contributed by atoms with Gasteiger partial charge in [-0.1, -0.05) is 38.5 Å². The maximum Gasteiger partial charge on any atom is 0.243 e. The highest BCUT2D eigenvalue weighted by molar-refractivity contribution is 5.85. The molecule has 3 nitrogen and oxygen atoms in total. The van der Waals surface area contributed by atoms with Crippen molar-refractivity contribution in [3.8, 4) is 6.07 Å².